The number of piperazine rings is 1. The third kappa shape index (κ3) is 8.20. The van der Waals surface area contributed by atoms with Gasteiger partial charge in [0.25, 0.3) is 0 Å². The molecule has 38 heavy (non-hydrogen) atoms. The van der Waals surface area contributed by atoms with Crippen LogP contribution >= 0.6 is 0 Å². The van der Waals surface area contributed by atoms with E-state index in [0.29, 0.717) is 26.2 Å². The number of carbonyl (C=O) groups excluding carboxylic acids is 3. The van der Waals surface area contributed by atoms with Gasteiger partial charge in [-0.05, 0) is 29.2 Å². The second kappa shape index (κ2) is 12.3. The van der Waals surface area contributed by atoms with Crippen LogP contribution in [0.3, 0.4) is 0 Å². The van der Waals surface area contributed by atoms with Gasteiger partial charge in [-0.3, -0.25) is 9.59 Å². The van der Waals surface area contributed by atoms with E-state index in [4.69, 9.17) is 0 Å². The van der Waals surface area contributed by atoms with Crippen LogP contribution in [0.5, 0.6) is 0 Å². The smallest absolute Gasteiger partial charge is 0.342 e. The van der Waals surface area contributed by atoms with E-state index in [1.807, 2.05) is 30.3 Å². The number of urea groups is 1. The van der Waals surface area contributed by atoms with Gasteiger partial charge in [0, 0.05) is 38.3 Å². The average molecular weight is 534 g/mol. The Bertz CT molecular complexity index is 1110. The fraction of sp³-hybridized carbons (Fsp3) is 0.444. The standard InChI is InChI=1S/C27H34F3N5O3/c1-26(2,3)22(34-25(38)32-20-11-7-10-19(17-20)27(28,29)30)23(36)33-21(16-18-8-5-4-6-9-18)24(37)35-14-12-31-13-15-35/h4-11,17,21-22,31H,12-16H2,1-3H3,(H,33,36)(H2,32,34,38)/t21-,22+/m0/s1. The number of hydrogen-bond acceptors (Lipinski definition) is 4. The van der Waals surface area contributed by atoms with Crippen LogP contribution in [-0.4, -0.2) is 61.0 Å². The average Bonchev–Trinajstić information content (AvgIpc) is 2.86. The van der Waals surface area contributed by atoms with Crippen LogP contribution in [0.15, 0.2) is 54.6 Å². The van der Waals surface area contributed by atoms with Gasteiger partial charge in [-0.2, -0.15) is 13.2 Å². The molecule has 4 N–H and O–H groups in total. The highest BCUT2D eigenvalue weighted by Crippen LogP contribution is 2.30. The molecular formula is C27H34F3N5O3. The summed E-state index contributed by atoms with van der Waals surface area (Å²) in [5.74, 6) is -0.786. The number of benzene rings is 2. The van der Waals surface area contributed by atoms with Crippen LogP contribution in [-0.2, 0) is 22.2 Å². The van der Waals surface area contributed by atoms with E-state index in [1.54, 1.807) is 25.7 Å². The van der Waals surface area contributed by atoms with Crippen LogP contribution in [0.1, 0.15) is 31.9 Å². The molecule has 0 unspecified atom stereocenters. The summed E-state index contributed by atoms with van der Waals surface area (Å²) in [6, 6.07) is 10.7. The lowest BCUT2D eigenvalue weighted by Crippen LogP contribution is -2.60. The first-order chi connectivity index (χ1) is 17.8. The molecule has 206 valence electrons. The van der Waals surface area contributed by atoms with Gasteiger partial charge in [0.2, 0.25) is 11.8 Å². The van der Waals surface area contributed by atoms with E-state index in [2.05, 4.69) is 21.3 Å². The summed E-state index contributed by atoms with van der Waals surface area (Å²) in [6.45, 7) is 7.56. The number of halogens is 3. The Kier molecular flexibility index (Phi) is 9.37. The van der Waals surface area contributed by atoms with Gasteiger partial charge in [-0.25, -0.2) is 4.79 Å². The molecule has 4 amide bonds. The molecule has 0 aliphatic carbocycles. The summed E-state index contributed by atoms with van der Waals surface area (Å²) in [5.41, 5.74) is -0.884. The Morgan fingerprint density at radius 1 is 0.947 bits per heavy atom. The Morgan fingerprint density at radius 2 is 1.61 bits per heavy atom. The molecule has 1 aliphatic heterocycles. The molecule has 1 fully saturated rings. The first-order valence-electron chi connectivity index (χ1n) is 12.4. The summed E-state index contributed by atoms with van der Waals surface area (Å²) in [4.78, 5) is 41.3. The van der Waals surface area contributed by atoms with E-state index in [1.165, 1.54) is 12.1 Å². The van der Waals surface area contributed by atoms with Crippen LogP contribution in [0.4, 0.5) is 23.7 Å². The lowest BCUT2D eigenvalue weighted by molar-refractivity contribution is -0.138. The molecule has 0 saturated carbocycles. The molecule has 11 heteroatoms. The Morgan fingerprint density at radius 3 is 2.21 bits per heavy atom. The molecule has 2 aromatic carbocycles. The third-order valence-corrected chi connectivity index (χ3v) is 6.18. The van der Waals surface area contributed by atoms with Crippen molar-refractivity contribution in [2.75, 3.05) is 31.5 Å². The van der Waals surface area contributed by atoms with Crippen molar-refractivity contribution in [2.24, 2.45) is 5.41 Å². The van der Waals surface area contributed by atoms with Crippen molar-refractivity contribution in [3.8, 4) is 0 Å². The van der Waals surface area contributed by atoms with E-state index >= 15 is 0 Å². The first kappa shape index (κ1) is 29.0. The minimum Gasteiger partial charge on any atom is -0.342 e. The quantitative estimate of drug-likeness (QED) is 0.438. The zero-order valence-electron chi connectivity index (χ0n) is 21.7. The van der Waals surface area contributed by atoms with Crippen molar-refractivity contribution in [3.63, 3.8) is 0 Å². The molecule has 0 spiro atoms. The molecule has 2 atom stereocenters. The number of amides is 4. The van der Waals surface area contributed by atoms with Crippen LogP contribution in [0.2, 0.25) is 0 Å². The van der Waals surface area contributed by atoms with Crippen molar-refractivity contribution >= 4 is 23.5 Å². The first-order valence-corrected chi connectivity index (χ1v) is 12.4. The monoisotopic (exact) mass is 533 g/mol. The predicted molar refractivity (Wildman–Crippen MR) is 138 cm³/mol. The largest absolute Gasteiger partial charge is 0.416 e. The van der Waals surface area contributed by atoms with E-state index in [0.717, 1.165) is 17.7 Å². The Labute approximate surface area is 220 Å². The lowest BCUT2D eigenvalue weighted by atomic mass is 9.86. The highest BCUT2D eigenvalue weighted by atomic mass is 19.4. The number of anilines is 1. The number of carbonyl (C=O) groups is 3. The van der Waals surface area contributed by atoms with Crippen molar-refractivity contribution in [1.29, 1.82) is 0 Å². The summed E-state index contributed by atoms with van der Waals surface area (Å²) in [5, 5.41) is 11.0. The van der Waals surface area contributed by atoms with Crippen LogP contribution in [0, 0.1) is 5.41 Å². The van der Waals surface area contributed by atoms with Gasteiger partial charge in [0.05, 0.1) is 5.56 Å². The number of rotatable bonds is 7. The molecule has 8 nitrogen and oxygen atoms in total. The van der Waals surface area contributed by atoms with E-state index in [-0.39, 0.29) is 18.0 Å². The van der Waals surface area contributed by atoms with Gasteiger partial charge in [-0.15, -0.1) is 0 Å². The Hall–Kier alpha value is -3.60. The maximum atomic E-state index is 13.5. The van der Waals surface area contributed by atoms with Gasteiger partial charge < -0.3 is 26.2 Å². The fourth-order valence-electron chi connectivity index (χ4n) is 4.16. The van der Waals surface area contributed by atoms with Gasteiger partial charge in [-0.1, -0.05) is 57.2 Å². The van der Waals surface area contributed by atoms with Crippen molar-refractivity contribution in [1.82, 2.24) is 20.9 Å². The zero-order valence-corrected chi connectivity index (χ0v) is 21.7. The SMILES string of the molecule is CC(C)(C)[C@H](NC(=O)Nc1cccc(C(F)(F)F)c1)C(=O)N[C@@H](Cc1ccccc1)C(=O)N1CCNCC1. The zero-order chi connectivity index (χ0) is 27.9. The maximum Gasteiger partial charge on any atom is 0.416 e. The minimum absolute atomic E-state index is 0.0683. The number of nitrogens with zero attached hydrogens (tertiary/aromatic N) is 1. The second-order valence-electron chi connectivity index (χ2n) is 10.3. The number of nitrogens with one attached hydrogen (secondary N) is 4. The fourth-order valence-corrected chi connectivity index (χ4v) is 4.16. The molecule has 0 bridgehead atoms. The Balaban J connectivity index is 1.76. The van der Waals surface area contributed by atoms with E-state index < -0.39 is 41.2 Å². The van der Waals surface area contributed by atoms with Gasteiger partial charge in [0.1, 0.15) is 12.1 Å². The van der Waals surface area contributed by atoms with E-state index in [9.17, 15) is 27.6 Å². The summed E-state index contributed by atoms with van der Waals surface area (Å²) in [6.07, 6.45) is -4.30. The minimum atomic E-state index is -4.56. The molecule has 1 aliphatic rings. The van der Waals surface area contributed by atoms with Gasteiger partial charge in [0.15, 0.2) is 0 Å². The molecule has 3 rings (SSSR count). The highest BCUT2D eigenvalue weighted by molar-refractivity contribution is 5.96. The van der Waals surface area contributed by atoms with Gasteiger partial charge >= 0.3 is 12.2 Å². The molecule has 1 heterocycles. The maximum absolute atomic E-state index is 13.5. The molecular weight excluding hydrogens is 499 g/mol. The molecule has 2 aromatic rings. The summed E-state index contributed by atoms with van der Waals surface area (Å²) >= 11 is 0. The highest BCUT2D eigenvalue weighted by Gasteiger charge is 2.36. The lowest BCUT2D eigenvalue weighted by Gasteiger charge is -2.34. The number of hydrogen-bond donors (Lipinski definition) is 4. The summed E-state index contributed by atoms with van der Waals surface area (Å²) < 4.78 is 39.1. The summed E-state index contributed by atoms with van der Waals surface area (Å²) in [7, 11) is 0. The van der Waals surface area contributed by atoms with Crippen LogP contribution in [0.25, 0.3) is 0 Å². The van der Waals surface area contributed by atoms with Crippen molar-refractivity contribution in [2.45, 2.75) is 45.5 Å². The number of alkyl halides is 3. The van der Waals surface area contributed by atoms with Crippen molar-refractivity contribution in [3.05, 3.63) is 65.7 Å². The normalized spacial score (nSPS) is 15.8. The van der Waals surface area contributed by atoms with Crippen molar-refractivity contribution < 1.29 is 27.6 Å². The third-order valence-electron chi connectivity index (χ3n) is 6.18. The topological polar surface area (TPSA) is 103 Å². The second-order valence-corrected chi connectivity index (χ2v) is 10.3. The van der Waals surface area contributed by atoms with Crippen LogP contribution < -0.4 is 21.3 Å². The molecule has 0 aromatic heterocycles. The molecule has 1 saturated heterocycles. The molecule has 0 radical (unpaired) electrons. The predicted octanol–water partition coefficient (Wildman–Crippen LogP) is 3.40.